The van der Waals surface area contributed by atoms with Crippen LogP contribution in [0.2, 0.25) is 0 Å². The third kappa shape index (κ3) is 2.87. The first kappa shape index (κ1) is 13.2. The maximum Gasteiger partial charge on any atom is 0.143 e. The van der Waals surface area contributed by atoms with Crippen LogP contribution in [0.4, 0.5) is 11.5 Å². The van der Waals surface area contributed by atoms with Crippen molar-refractivity contribution in [1.29, 1.82) is 0 Å². The highest BCUT2D eigenvalue weighted by atomic mass is 79.9. The van der Waals surface area contributed by atoms with Gasteiger partial charge in [-0.2, -0.15) is 0 Å². The monoisotopic (exact) mass is 324 g/mol. The van der Waals surface area contributed by atoms with Gasteiger partial charge in [0.05, 0.1) is 16.4 Å². The highest BCUT2D eigenvalue weighted by Gasteiger charge is 2.27. The second-order valence-electron chi connectivity index (χ2n) is 5.71. The van der Waals surface area contributed by atoms with Crippen LogP contribution in [0.15, 0.2) is 10.7 Å². The highest BCUT2D eigenvalue weighted by Crippen LogP contribution is 2.32. The van der Waals surface area contributed by atoms with Crippen molar-refractivity contribution in [3.8, 4) is 0 Å². The predicted octanol–water partition coefficient (Wildman–Crippen LogP) is 2.27. The van der Waals surface area contributed by atoms with Gasteiger partial charge >= 0.3 is 0 Å². The van der Waals surface area contributed by atoms with Crippen LogP contribution < -0.4 is 10.6 Å². The summed E-state index contributed by atoms with van der Waals surface area (Å²) in [6, 6.07) is 0. The molecule has 1 saturated heterocycles. The Morgan fingerprint density at radius 3 is 2.63 bits per heavy atom. The lowest BCUT2D eigenvalue weighted by atomic mass is 10.2. The lowest BCUT2D eigenvalue weighted by Gasteiger charge is -2.36. The molecular formula is C14H21BrN4. The molecule has 4 nitrogen and oxygen atoms in total. The van der Waals surface area contributed by atoms with Gasteiger partial charge in [-0.1, -0.05) is 0 Å². The van der Waals surface area contributed by atoms with Gasteiger partial charge in [-0.3, -0.25) is 4.90 Å². The number of nitrogen functional groups attached to an aromatic ring is 1. The van der Waals surface area contributed by atoms with E-state index in [0.717, 1.165) is 53.6 Å². The maximum absolute atomic E-state index is 5.88. The molecule has 2 fully saturated rings. The maximum atomic E-state index is 5.88. The number of anilines is 2. The van der Waals surface area contributed by atoms with Gasteiger partial charge in [0.2, 0.25) is 0 Å². The van der Waals surface area contributed by atoms with Crippen molar-refractivity contribution in [3.63, 3.8) is 0 Å². The molecule has 2 N–H and O–H groups in total. The van der Waals surface area contributed by atoms with E-state index >= 15 is 0 Å². The average Bonchev–Trinajstić information content (AvgIpc) is 3.22. The molecule has 3 rings (SSSR count). The summed E-state index contributed by atoms with van der Waals surface area (Å²) in [4.78, 5) is 9.45. The summed E-state index contributed by atoms with van der Waals surface area (Å²) in [5.41, 5.74) is 7.72. The predicted molar refractivity (Wildman–Crippen MR) is 82.5 cm³/mol. The van der Waals surface area contributed by atoms with Gasteiger partial charge in [0.15, 0.2) is 0 Å². The van der Waals surface area contributed by atoms with Gasteiger partial charge < -0.3 is 10.6 Å². The smallest absolute Gasteiger partial charge is 0.143 e. The largest absolute Gasteiger partial charge is 0.397 e. The number of rotatable bonds is 3. The van der Waals surface area contributed by atoms with Crippen LogP contribution in [0.5, 0.6) is 0 Å². The number of piperazine rings is 1. The molecule has 0 bridgehead atoms. The van der Waals surface area contributed by atoms with Crippen LogP contribution in [0.25, 0.3) is 0 Å². The molecule has 0 spiro atoms. The molecule has 0 unspecified atom stereocenters. The topological polar surface area (TPSA) is 45.4 Å². The molecule has 0 amide bonds. The summed E-state index contributed by atoms with van der Waals surface area (Å²) in [5.74, 6) is 2.02. The fourth-order valence-electron chi connectivity index (χ4n) is 2.61. The Labute approximate surface area is 123 Å². The third-order valence-corrected chi connectivity index (χ3v) is 5.12. The Morgan fingerprint density at radius 2 is 2.00 bits per heavy atom. The number of nitrogens with zero attached hydrogens (tertiary/aromatic N) is 3. The van der Waals surface area contributed by atoms with Crippen LogP contribution in [0.1, 0.15) is 18.4 Å². The van der Waals surface area contributed by atoms with Crippen LogP contribution >= 0.6 is 15.9 Å². The van der Waals surface area contributed by atoms with E-state index in [9.17, 15) is 0 Å². The molecule has 2 heterocycles. The normalized spacial score (nSPS) is 20.8. The molecule has 104 valence electrons. The Kier molecular flexibility index (Phi) is 3.67. The molecule has 0 atom stereocenters. The van der Waals surface area contributed by atoms with Crippen molar-refractivity contribution in [2.45, 2.75) is 19.8 Å². The lowest BCUT2D eigenvalue weighted by Crippen LogP contribution is -2.47. The van der Waals surface area contributed by atoms with Gasteiger partial charge in [-0.15, -0.1) is 0 Å². The number of hydrogen-bond acceptors (Lipinski definition) is 4. The van der Waals surface area contributed by atoms with Gasteiger partial charge in [0.25, 0.3) is 0 Å². The van der Waals surface area contributed by atoms with Gasteiger partial charge in [-0.05, 0) is 47.2 Å². The van der Waals surface area contributed by atoms with Gasteiger partial charge in [0.1, 0.15) is 5.82 Å². The van der Waals surface area contributed by atoms with E-state index in [1.807, 2.05) is 6.92 Å². The molecular weight excluding hydrogens is 304 g/mol. The summed E-state index contributed by atoms with van der Waals surface area (Å²) >= 11 is 3.63. The fourth-order valence-corrected chi connectivity index (χ4v) is 3.19. The Balaban J connectivity index is 1.65. The molecule has 1 aliphatic carbocycles. The SMILES string of the molecule is Cc1c(N)cnc(N2CCN(CC3CC3)CC2)c1Br. The second-order valence-corrected chi connectivity index (χ2v) is 6.50. The van der Waals surface area contributed by atoms with E-state index in [1.165, 1.54) is 19.4 Å². The molecule has 1 aromatic heterocycles. The van der Waals surface area contributed by atoms with Crippen molar-refractivity contribution in [3.05, 3.63) is 16.2 Å². The fraction of sp³-hybridized carbons (Fsp3) is 0.643. The minimum absolute atomic E-state index is 0.753. The van der Waals surface area contributed by atoms with Crippen molar-refractivity contribution in [2.24, 2.45) is 5.92 Å². The Morgan fingerprint density at radius 1 is 1.32 bits per heavy atom. The molecule has 0 aromatic carbocycles. The number of pyridine rings is 1. The third-order valence-electron chi connectivity index (χ3n) is 4.17. The minimum Gasteiger partial charge on any atom is -0.397 e. The van der Waals surface area contributed by atoms with E-state index in [0.29, 0.717) is 0 Å². The summed E-state index contributed by atoms with van der Waals surface area (Å²) in [7, 11) is 0. The zero-order chi connectivity index (χ0) is 13.4. The molecule has 0 radical (unpaired) electrons. The second kappa shape index (κ2) is 5.29. The number of aromatic nitrogens is 1. The van der Waals surface area contributed by atoms with Crippen molar-refractivity contribution in [1.82, 2.24) is 9.88 Å². The molecule has 1 aliphatic heterocycles. The van der Waals surface area contributed by atoms with Crippen molar-refractivity contribution in [2.75, 3.05) is 43.4 Å². The van der Waals surface area contributed by atoms with Crippen LogP contribution in [-0.4, -0.2) is 42.6 Å². The number of nitrogens with two attached hydrogens (primary N) is 1. The van der Waals surface area contributed by atoms with E-state index in [1.54, 1.807) is 6.20 Å². The average molecular weight is 325 g/mol. The zero-order valence-electron chi connectivity index (χ0n) is 11.4. The minimum atomic E-state index is 0.753. The number of halogens is 1. The molecule has 2 aliphatic rings. The number of hydrogen-bond donors (Lipinski definition) is 1. The van der Waals surface area contributed by atoms with E-state index in [-0.39, 0.29) is 0 Å². The van der Waals surface area contributed by atoms with Crippen LogP contribution in [-0.2, 0) is 0 Å². The molecule has 1 saturated carbocycles. The molecule has 1 aromatic rings. The van der Waals surface area contributed by atoms with Crippen molar-refractivity contribution >= 4 is 27.4 Å². The van der Waals surface area contributed by atoms with Crippen molar-refractivity contribution < 1.29 is 0 Å². The molecule has 19 heavy (non-hydrogen) atoms. The summed E-state index contributed by atoms with van der Waals surface area (Å²) < 4.78 is 1.04. The van der Waals surface area contributed by atoms with E-state index in [2.05, 4.69) is 30.7 Å². The van der Waals surface area contributed by atoms with Crippen LogP contribution in [0.3, 0.4) is 0 Å². The summed E-state index contributed by atoms with van der Waals surface area (Å²) in [6.07, 6.45) is 4.64. The standard InChI is InChI=1S/C14H21BrN4/c1-10-12(16)8-17-14(13(10)15)19-6-4-18(5-7-19)9-11-2-3-11/h8,11H,2-7,9,16H2,1H3. The first-order chi connectivity index (χ1) is 9.15. The lowest BCUT2D eigenvalue weighted by molar-refractivity contribution is 0.247. The van der Waals surface area contributed by atoms with E-state index in [4.69, 9.17) is 5.73 Å². The Hall–Kier alpha value is -0.810. The van der Waals surface area contributed by atoms with Crippen LogP contribution in [0, 0.1) is 12.8 Å². The summed E-state index contributed by atoms with van der Waals surface area (Å²) in [5, 5.41) is 0. The van der Waals surface area contributed by atoms with E-state index < -0.39 is 0 Å². The zero-order valence-corrected chi connectivity index (χ0v) is 13.0. The first-order valence-corrected chi connectivity index (χ1v) is 7.82. The first-order valence-electron chi connectivity index (χ1n) is 7.03. The Bertz CT molecular complexity index is 465. The highest BCUT2D eigenvalue weighted by molar-refractivity contribution is 9.10. The summed E-state index contributed by atoms with van der Waals surface area (Å²) in [6.45, 7) is 7.74. The quantitative estimate of drug-likeness (QED) is 0.926. The molecule has 5 heteroatoms. The van der Waals surface area contributed by atoms with Gasteiger partial charge in [0, 0.05) is 32.7 Å². The van der Waals surface area contributed by atoms with Gasteiger partial charge in [-0.25, -0.2) is 4.98 Å².